The Hall–Kier alpha value is -6.90. The lowest BCUT2D eigenvalue weighted by molar-refractivity contribution is 0.669. The minimum atomic E-state index is 0.903. The minimum Gasteiger partial charge on any atom is -0.455 e. The summed E-state index contributed by atoms with van der Waals surface area (Å²) in [6, 6.07) is 65.1. The molecule has 0 spiro atoms. The second kappa shape index (κ2) is 11.3. The molecule has 0 atom stereocenters. The predicted octanol–water partition coefficient (Wildman–Crippen LogP) is 14.5. The van der Waals surface area contributed by atoms with Crippen LogP contribution >= 0.6 is 0 Å². The van der Waals surface area contributed by atoms with Crippen LogP contribution in [0, 0.1) is 0 Å². The average molecular weight is 663 g/mol. The summed E-state index contributed by atoms with van der Waals surface area (Å²) in [5.41, 5.74) is 12.8. The molecule has 0 saturated heterocycles. The van der Waals surface area contributed by atoms with Gasteiger partial charge in [-0.15, -0.1) is 0 Å². The van der Waals surface area contributed by atoms with Gasteiger partial charge in [0.05, 0.1) is 0 Å². The molecule has 0 aliphatic rings. The van der Waals surface area contributed by atoms with Crippen molar-refractivity contribution in [3.05, 3.63) is 182 Å². The third-order valence-electron chi connectivity index (χ3n) is 10.7. The van der Waals surface area contributed by atoms with E-state index in [1.165, 1.54) is 43.8 Å². The second-order valence-corrected chi connectivity index (χ2v) is 13.6. The first-order chi connectivity index (χ1) is 25.8. The Morgan fingerprint density at radius 2 is 0.654 bits per heavy atom. The van der Waals surface area contributed by atoms with Gasteiger partial charge < -0.3 is 8.83 Å². The van der Waals surface area contributed by atoms with Crippen molar-refractivity contribution >= 4 is 65.4 Å². The van der Waals surface area contributed by atoms with E-state index in [0.29, 0.717) is 0 Å². The number of hydrogen-bond donors (Lipinski definition) is 0. The highest BCUT2D eigenvalue weighted by Crippen LogP contribution is 2.47. The van der Waals surface area contributed by atoms with E-state index in [0.717, 1.165) is 66.1 Å². The van der Waals surface area contributed by atoms with Crippen molar-refractivity contribution in [2.75, 3.05) is 0 Å². The van der Waals surface area contributed by atoms with Crippen molar-refractivity contribution < 1.29 is 8.83 Å². The van der Waals surface area contributed by atoms with E-state index in [-0.39, 0.29) is 0 Å². The third-order valence-corrected chi connectivity index (χ3v) is 10.7. The number of rotatable bonds is 4. The van der Waals surface area contributed by atoms with Gasteiger partial charge >= 0.3 is 0 Å². The third kappa shape index (κ3) is 4.31. The van der Waals surface area contributed by atoms with Crippen molar-refractivity contribution in [1.29, 1.82) is 0 Å². The van der Waals surface area contributed by atoms with Crippen LogP contribution in [0.4, 0.5) is 0 Å². The molecule has 11 aromatic rings. The maximum absolute atomic E-state index is 6.54. The van der Waals surface area contributed by atoms with Gasteiger partial charge in [-0.1, -0.05) is 158 Å². The topological polar surface area (TPSA) is 26.3 Å². The fourth-order valence-electron chi connectivity index (χ4n) is 8.34. The maximum atomic E-state index is 6.54. The monoisotopic (exact) mass is 662 g/mol. The number of para-hydroxylation sites is 4. The Morgan fingerprint density at radius 3 is 1.13 bits per heavy atom. The maximum Gasteiger partial charge on any atom is 0.143 e. The Labute approximate surface area is 299 Å². The summed E-state index contributed by atoms with van der Waals surface area (Å²) < 4.78 is 13.1. The fourth-order valence-corrected chi connectivity index (χ4v) is 8.34. The highest BCUT2D eigenvalue weighted by Gasteiger charge is 2.21. The van der Waals surface area contributed by atoms with Gasteiger partial charge in [-0.25, -0.2) is 0 Å². The highest BCUT2D eigenvalue weighted by atomic mass is 16.3. The fraction of sp³-hybridized carbons (Fsp3) is 0. The molecule has 0 unspecified atom stereocenters. The van der Waals surface area contributed by atoms with Crippen LogP contribution in [0.2, 0.25) is 0 Å². The second-order valence-electron chi connectivity index (χ2n) is 13.6. The van der Waals surface area contributed by atoms with Crippen LogP contribution in [-0.4, -0.2) is 0 Å². The molecule has 0 aliphatic carbocycles. The summed E-state index contributed by atoms with van der Waals surface area (Å²) in [5, 5.41) is 9.35. The van der Waals surface area contributed by atoms with Crippen molar-refractivity contribution in [2.24, 2.45) is 0 Å². The quantitative estimate of drug-likeness (QED) is 0.175. The zero-order valence-electron chi connectivity index (χ0n) is 28.1. The molecule has 9 aromatic carbocycles. The molecule has 0 fully saturated rings. The van der Waals surface area contributed by atoms with Crippen LogP contribution in [0.5, 0.6) is 0 Å². The molecule has 2 aromatic heterocycles. The lowest BCUT2D eigenvalue weighted by atomic mass is 9.83. The highest BCUT2D eigenvalue weighted by molar-refractivity contribution is 6.23. The van der Waals surface area contributed by atoms with Crippen molar-refractivity contribution in [1.82, 2.24) is 0 Å². The standard InChI is InChI=1S/C50H30O2/c1-3-13-31(14-4-1)47-39-27-25-33(35-19-11-21-41-37-17-7-9-23-45(37)51-49(35)41)29-43(39)48(32-15-5-2-6-16-32)44-30-34(26-28-40(44)47)36-20-12-22-42-38-18-8-10-24-46(38)52-50(36)42/h1-30H. The zero-order chi connectivity index (χ0) is 34.2. The smallest absolute Gasteiger partial charge is 0.143 e. The summed E-state index contributed by atoms with van der Waals surface area (Å²) in [5.74, 6) is 0. The van der Waals surface area contributed by atoms with Gasteiger partial charge in [0.2, 0.25) is 0 Å². The van der Waals surface area contributed by atoms with Crippen LogP contribution < -0.4 is 0 Å². The Bertz CT molecular complexity index is 2990. The first-order valence-electron chi connectivity index (χ1n) is 17.8. The van der Waals surface area contributed by atoms with Crippen LogP contribution in [0.15, 0.2) is 191 Å². The van der Waals surface area contributed by atoms with E-state index < -0.39 is 0 Å². The Morgan fingerprint density at radius 1 is 0.250 bits per heavy atom. The van der Waals surface area contributed by atoms with Crippen LogP contribution in [0.25, 0.3) is 110 Å². The number of benzene rings is 9. The predicted molar refractivity (Wildman–Crippen MR) is 218 cm³/mol. The molecule has 52 heavy (non-hydrogen) atoms. The lowest BCUT2D eigenvalue weighted by Crippen LogP contribution is -1.92. The van der Waals surface area contributed by atoms with Crippen LogP contribution in [0.3, 0.4) is 0 Å². The molecule has 11 rings (SSSR count). The van der Waals surface area contributed by atoms with Gasteiger partial charge in [0.15, 0.2) is 0 Å². The van der Waals surface area contributed by atoms with Crippen molar-refractivity contribution in [3.8, 4) is 44.5 Å². The van der Waals surface area contributed by atoms with Gasteiger partial charge in [-0.3, -0.25) is 0 Å². The molecule has 0 bridgehead atoms. The summed E-state index contributed by atoms with van der Waals surface area (Å²) in [7, 11) is 0. The molecule has 0 radical (unpaired) electrons. The molecular formula is C50H30O2. The molecule has 0 aliphatic heterocycles. The summed E-state index contributed by atoms with van der Waals surface area (Å²) in [6.45, 7) is 0. The largest absolute Gasteiger partial charge is 0.455 e. The molecule has 2 nitrogen and oxygen atoms in total. The van der Waals surface area contributed by atoms with E-state index in [1.54, 1.807) is 0 Å². The summed E-state index contributed by atoms with van der Waals surface area (Å²) >= 11 is 0. The number of furan rings is 2. The van der Waals surface area contributed by atoms with Crippen molar-refractivity contribution in [2.45, 2.75) is 0 Å². The van der Waals surface area contributed by atoms with Gasteiger partial charge in [0.1, 0.15) is 22.3 Å². The summed E-state index contributed by atoms with van der Waals surface area (Å²) in [6.07, 6.45) is 0. The van der Waals surface area contributed by atoms with E-state index in [4.69, 9.17) is 8.83 Å². The molecule has 0 N–H and O–H groups in total. The first kappa shape index (κ1) is 28.9. The molecular weight excluding hydrogens is 633 g/mol. The van der Waals surface area contributed by atoms with E-state index in [9.17, 15) is 0 Å². The number of hydrogen-bond acceptors (Lipinski definition) is 2. The lowest BCUT2D eigenvalue weighted by Gasteiger charge is -2.19. The molecule has 0 saturated carbocycles. The first-order valence-corrected chi connectivity index (χ1v) is 17.8. The van der Waals surface area contributed by atoms with Crippen LogP contribution in [-0.2, 0) is 0 Å². The van der Waals surface area contributed by atoms with E-state index >= 15 is 0 Å². The number of fused-ring (bicyclic) bond motifs is 8. The summed E-state index contributed by atoms with van der Waals surface area (Å²) in [4.78, 5) is 0. The van der Waals surface area contributed by atoms with Crippen LogP contribution in [0.1, 0.15) is 0 Å². The average Bonchev–Trinajstić information content (AvgIpc) is 3.79. The van der Waals surface area contributed by atoms with Crippen molar-refractivity contribution in [3.63, 3.8) is 0 Å². The van der Waals surface area contributed by atoms with Gasteiger partial charge in [0, 0.05) is 32.7 Å². The minimum absolute atomic E-state index is 0.903. The Balaban J connectivity index is 1.25. The molecule has 242 valence electrons. The van der Waals surface area contributed by atoms with E-state index in [2.05, 4.69) is 170 Å². The zero-order valence-corrected chi connectivity index (χ0v) is 28.1. The molecule has 2 heterocycles. The van der Waals surface area contributed by atoms with Gasteiger partial charge in [-0.05, 0) is 79.2 Å². The normalized spacial score (nSPS) is 11.8. The van der Waals surface area contributed by atoms with Gasteiger partial charge in [-0.2, -0.15) is 0 Å². The SMILES string of the molecule is c1ccc(-c2c3ccc(-c4cccc5c4oc4ccccc45)cc3c(-c3ccccc3)c3cc(-c4cccc5c4oc4ccccc45)ccc23)cc1. The van der Waals surface area contributed by atoms with Gasteiger partial charge in [0.25, 0.3) is 0 Å². The van der Waals surface area contributed by atoms with E-state index in [1.807, 2.05) is 12.1 Å². The molecule has 2 heteroatoms. The molecule has 0 amide bonds. The Kier molecular flexibility index (Phi) is 6.28.